The van der Waals surface area contributed by atoms with Crippen LogP contribution in [0.15, 0.2) is 16.7 Å². The lowest BCUT2D eigenvalue weighted by Crippen LogP contribution is -2.47. The molecule has 1 aromatic heterocycles. The lowest BCUT2D eigenvalue weighted by atomic mass is 9.74. The van der Waals surface area contributed by atoms with Crippen LogP contribution in [0.2, 0.25) is 0 Å². The predicted octanol–water partition coefficient (Wildman–Crippen LogP) is 4.21. The SMILES string of the molecule is Cc1cc2c(cn1)C(=N[S+]([O-])C(C)(C)C)C1(CCN(C(=O)OC(C)(C)C)CC1)C2. The average molecular weight is 420 g/mol. The minimum absolute atomic E-state index is 0.197. The summed E-state index contributed by atoms with van der Waals surface area (Å²) in [6, 6.07) is 2.11. The maximum Gasteiger partial charge on any atom is 0.410 e. The molecule has 160 valence electrons. The number of carbonyl (C=O) groups excluding carboxylic acids is 1. The molecule has 3 rings (SSSR count). The van der Waals surface area contributed by atoms with Gasteiger partial charge in [-0.05, 0) is 79.4 Å². The maximum absolute atomic E-state index is 12.9. The Balaban J connectivity index is 1.88. The number of piperidine rings is 1. The molecule has 1 atom stereocenters. The average Bonchev–Trinajstić information content (AvgIpc) is 2.85. The Morgan fingerprint density at radius 2 is 1.86 bits per heavy atom. The third kappa shape index (κ3) is 4.77. The summed E-state index contributed by atoms with van der Waals surface area (Å²) in [5.74, 6) is 0. The molecule has 1 aromatic rings. The van der Waals surface area contributed by atoms with Crippen LogP contribution in [0.3, 0.4) is 0 Å². The van der Waals surface area contributed by atoms with E-state index in [-0.39, 0.29) is 11.5 Å². The number of carbonyl (C=O) groups is 1. The summed E-state index contributed by atoms with van der Waals surface area (Å²) in [5.41, 5.74) is 3.40. The monoisotopic (exact) mass is 419 g/mol. The molecule has 1 aliphatic carbocycles. The Hall–Kier alpha value is -1.60. The van der Waals surface area contributed by atoms with Crippen molar-refractivity contribution in [3.8, 4) is 0 Å². The summed E-state index contributed by atoms with van der Waals surface area (Å²) in [6.45, 7) is 14.7. The van der Waals surface area contributed by atoms with Crippen molar-refractivity contribution in [1.29, 1.82) is 0 Å². The molecule has 1 spiro atoms. The van der Waals surface area contributed by atoms with Gasteiger partial charge in [0.1, 0.15) is 27.4 Å². The summed E-state index contributed by atoms with van der Waals surface area (Å²) in [6.07, 6.45) is 4.02. The van der Waals surface area contributed by atoms with Gasteiger partial charge in [-0.1, -0.05) is 4.40 Å². The summed E-state index contributed by atoms with van der Waals surface area (Å²) in [4.78, 5) is 18.7. The van der Waals surface area contributed by atoms with Gasteiger partial charge in [0.15, 0.2) is 0 Å². The van der Waals surface area contributed by atoms with Gasteiger partial charge in [-0.15, -0.1) is 0 Å². The molecule has 1 amide bonds. The van der Waals surface area contributed by atoms with E-state index in [0.717, 1.165) is 36.2 Å². The third-order valence-electron chi connectivity index (χ3n) is 5.48. The van der Waals surface area contributed by atoms with Crippen LogP contribution in [-0.2, 0) is 22.5 Å². The predicted molar refractivity (Wildman–Crippen MR) is 117 cm³/mol. The standard InChI is InChI=1S/C22H33N3O3S/c1-15-12-16-13-22(8-10-25(11-9-22)19(26)28-20(2,3)4)18(17(16)14-23-15)24-29(27)21(5,6)7/h12,14H,8-11,13H2,1-7H3. The van der Waals surface area contributed by atoms with Gasteiger partial charge >= 0.3 is 6.09 Å². The molecule has 0 bridgehead atoms. The van der Waals surface area contributed by atoms with Crippen LogP contribution in [-0.4, -0.2) is 49.7 Å². The lowest BCUT2D eigenvalue weighted by Gasteiger charge is -2.39. The number of aromatic nitrogens is 1. The maximum atomic E-state index is 12.9. The van der Waals surface area contributed by atoms with Crippen LogP contribution in [0.25, 0.3) is 0 Å². The number of hydrogen-bond donors (Lipinski definition) is 0. The fourth-order valence-corrected chi connectivity index (χ4v) is 4.66. The Labute approximate surface area is 177 Å². The summed E-state index contributed by atoms with van der Waals surface area (Å²) >= 11 is -1.34. The first-order chi connectivity index (χ1) is 13.3. The second kappa shape index (κ2) is 7.58. The van der Waals surface area contributed by atoms with Gasteiger partial charge in [-0.3, -0.25) is 4.98 Å². The van der Waals surface area contributed by atoms with Crippen LogP contribution in [0.4, 0.5) is 4.79 Å². The Bertz CT molecular complexity index is 816. The normalized spacial score (nSPS) is 21.4. The van der Waals surface area contributed by atoms with E-state index in [2.05, 4.69) is 11.1 Å². The van der Waals surface area contributed by atoms with Crippen LogP contribution in [0.1, 0.15) is 71.2 Å². The molecule has 0 saturated carbocycles. The number of nitrogens with zero attached hydrogens (tertiary/aromatic N) is 3. The minimum atomic E-state index is -1.34. The molecular formula is C22H33N3O3S. The topological polar surface area (TPSA) is 77.9 Å². The molecule has 0 N–H and O–H groups in total. The van der Waals surface area contributed by atoms with Gasteiger partial charge in [0.2, 0.25) is 0 Å². The number of rotatable bonds is 1. The fraction of sp³-hybridized carbons (Fsp3) is 0.682. The molecule has 29 heavy (non-hydrogen) atoms. The van der Waals surface area contributed by atoms with E-state index < -0.39 is 21.7 Å². The van der Waals surface area contributed by atoms with Crippen molar-refractivity contribution < 1.29 is 14.1 Å². The van der Waals surface area contributed by atoms with Crippen molar-refractivity contribution >= 4 is 23.2 Å². The summed E-state index contributed by atoms with van der Waals surface area (Å²) in [7, 11) is 0. The number of aryl methyl sites for hydroxylation is 1. The minimum Gasteiger partial charge on any atom is -0.591 e. The van der Waals surface area contributed by atoms with Gasteiger partial charge in [0.25, 0.3) is 0 Å². The first-order valence-electron chi connectivity index (χ1n) is 10.3. The highest BCUT2D eigenvalue weighted by Crippen LogP contribution is 2.46. The number of likely N-dealkylation sites (tertiary alicyclic amines) is 1. The van der Waals surface area contributed by atoms with Crippen molar-refractivity contribution in [2.75, 3.05) is 13.1 Å². The molecule has 7 heteroatoms. The Kier molecular flexibility index (Phi) is 5.78. The van der Waals surface area contributed by atoms with Gasteiger partial charge in [0.05, 0.1) is 0 Å². The molecule has 1 unspecified atom stereocenters. The van der Waals surface area contributed by atoms with Crippen LogP contribution in [0, 0.1) is 12.3 Å². The van der Waals surface area contributed by atoms with E-state index >= 15 is 0 Å². The zero-order valence-corrected chi connectivity index (χ0v) is 19.5. The zero-order chi connectivity index (χ0) is 21.6. The van der Waals surface area contributed by atoms with E-state index in [1.165, 1.54) is 5.56 Å². The molecule has 1 fully saturated rings. The summed E-state index contributed by atoms with van der Waals surface area (Å²) < 4.78 is 22.7. The summed E-state index contributed by atoms with van der Waals surface area (Å²) in [5, 5.41) is 0. The molecule has 2 heterocycles. The van der Waals surface area contributed by atoms with Gasteiger partial charge in [0, 0.05) is 36.0 Å². The molecule has 1 aliphatic heterocycles. The van der Waals surface area contributed by atoms with Crippen LogP contribution >= 0.6 is 0 Å². The van der Waals surface area contributed by atoms with Crippen molar-refractivity contribution in [3.05, 3.63) is 29.1 Å². The number of fused-ring (bicyclic) bond motifs is 1. The first kappa shape index (κ1) is 22.1. The largest absolute Gasteiger partial charge is 0.591 e. The van der Waals surface area contributed by atoms with Gasteiger partial charge < -0.3 is 14.2 Å². The van der Waals surface area contributed by atoms with E-state index in [9.17, 15) is 9.35 Å². The number of pyridine rings is 1. The van der Waals surface area contributed by atoms with Crippen molar-refractivity contribution in [1.82, 2.24) is 9.88 Å². The Morgan fingerprint density at radius 3 is 2.41 bits per heavy atom. The van der Waals surface area contributed by atoms with Gasteiger partial charge in [-0.2, -0.15) is 0 Å². The second-order valence-corrected chi connectivity index (χ2v) is 12.1. The molecule has 0 aromatic carbocycles. The van der Waals surface area contributed by atoms with Crippen LogP contribution in [0.5, 0.6) is 0 Å². The highest BCUT2D eigenvalue weighted by Gasteiger charge is 2.48. The molecule has 0 radical (unpaired) electrons. The number of ether oxygens (including phenoxy) is 1. The van der Waals surface area contributed by atoms with Gasteiger partial charge in [-0.25, -0.2) is 4.79 Å². The highest BCUT2D eigenvalue weighted by atomic mass is 32.2. The van der Waals surface area contributed by atoms with Crippen molar-refractivity contribution in [3.63, 3.8) is 0 Å². The molecule has 2 aliphatic rings. The number of amides is 1. The van der Waals surface area contributed by atoms with E-state index in [0.29, 0.717) is 13.1 Å². The quantitative estimate of drug-likeness (QED) is 0.639. The Morgan fingerprint density at radius 1 is 1.24 bits per heavy atom. The molecule has 6 nitrogen and oxygen atoms in total. The second-order valence-electron chi connectivity index (χ2n) is 10.2. The van der Waals surface area contributed by atoms with Crippen molar-refractivity contribution in [2.24, 2.45) is 9.81 Å². The molecular weight excluding hydrogens is 386 g/mol. The first-order valence-corrected chi connectivity index (χ1v) is 11.4. The van der Waals surface area contributed by atoms with E-state index in [1.54, 1.807) is 4.90 Å². The van der Waals surface area contributed by atoms with Crippen LogP contribution < -0.4 is 0 Å². The highest BCUT2D eigenvalue weighted by molar-refractivity contribution is 7.91. The number of hydrogen-bond acceptors (Lipinski definition) is 5. The third-order valence-corrected chi connectivity index (χ3v) is 6.88. The smallest absolute Gasteiger partial charge is 0.410 e. The molecule has 1 saturated heterocycles. The van der Waals surface area contributed by atoms with E-state index in [1.807, 2.05) is 54.7 Å². The fourth-order valence-electron chi connectivity index (χ4n) is 3.93. The zero-order valence-electron chi connectivity index (χ0n) is 18.7. The van der Waals surface area contributed by atoms with Crippen molar-refractivity contribution in [2.45, 2.75) is 78.1 Å². The van der Waals surface area contributed by atoms with E-state index in [4.69, 9.17) is 9.13 Å². The lowest BCUT2D eigenvalue weighted by molar-refractivity contribution is 0.0159.